The average Bonchev–Trinajstić information content (AvgIpc) is 2.27. The summed E-state index contributed by atoms with van der Waals surface area (Å²) in [5, 5.41) is 3.22. The van der Waals surface area contributed by atoms with Crippen molar-refractivity contribution in [2.75, 3.05) is 54.2 Å². The van der Waals surface area contributed by atoms with Crippen LogP contribution in [0.1, 0.15) is 6.42 Å². The Kier molecular flexibility index (Phi) is 11.7. The summed E-state index contributed by atoms with van der Waals surface area (Å²) >= 11 is 0. The largest absolute Gasteiger partial charge is 0.382 e. The van der Waals surface area contributed by atoms with Crippen LogP contribution < -0.4 is 5.32 Å². The highest BCUT2D eigenvalue weighted by molar-refractivity contribution is 4.50. The summed E-state index contributed by atoms with van der Waals surface area (Å²) in [5.74, 6) is 0. The molecule has 5 nitrogen and oxygen atoms in total. The van der Waals surface area contributed by atoms with Crippen LogP contribution in [0.25, 0.3) is 0 Å². The van der Waals surface area contributed by atoms with E-state index in [-0.39, 0.29) is 6.29 Å². The molecule has 0 fully saturated rings. The van der Waals surface area contributed by atoms with Crippen molar-refractivity contribution in [3.8, 4) is 0 Å². The Hall–Kier alpha value is -0.200. The summed E-state index contributed by atoms with van der Waals surface area (Å²) in [6.45, 7) is 3.67. The predicted octanol–water partition coefficient (Wildman–Crippen LogP) is 0.248. The maximum atomic E-state index is 5.31. The first-order valence-electron chi connectivity index (χ1n) is 5.18. The van der Waals surface area contributed by atoms with Crippen molar-refractivity contribution in [3.05, 3.63) is 0 Å². The molecular formula is C10H23NO4. The van der Waals surface area contributed by atoms with Gasteiger partial charge in [0, 0.05) is 34.5 Å². The molecule has 0 aromatic carbocycles. The van der Waals surface area contributed by atoms with E-state index >= 15 is 0 Å². The fraction of sp³-hybridized carbons (Fsp3) is 1.00. The van der Waals surface area contributed by atoms with Gasteiger partial charge in [0.1, 0.15) is 0 Å². The molecule has 0 unspecified atom stereocenters. The quantitative estimate of drug-likeness (QED) is 0.400. The first kappa shape index (κ1) is 14.8. The summed E-state index contributed by atoms with van der Waals surface area (Å²) in [4.78, 5) is 0. The van der Waals surface area contributed by atoms with Crippen molar-refractivity contribution in [3.63, 3.8) is 0 Å². The summed E-state index contributed by atoms with van der Waals surface area (Å²) < 4.78 is 20.2. The highest BCUT2D eigenvalue weighted by Crippen LogP contribution is 1.88. The molecule has 0 bridgehead atoms. The van der Waals surface area contributed by atoms with Gasteiger partial charge >= 0.3 is 0 Å². The molecule has 0 atom stereocenters. The highest BCUT2D eigenvalue weighted by atomic mass is 16.7. The van der Waals surface area contributed by atoms with E-state index in [9.17, 15) is 0 Å². The minimum atomic E-state index is -0.167. The molecule has 0 rings (SSSR count). The van der Waals surface area contributed by atoms with Crippen LogP contribution in [0.3, 0.4) is 0 Å². The SMILES string of the molecule is COCCOCCCNCC(OC)OC. The number of methoxy groups -OCH3 is 3. The second-order valence-corrected chi connectivity index (χ2v) is 3.06. The molecule has 0 saturated carbocycles. The van der Waals surface area contributed by atoms with E-state index in [1.807, 2.05) is 0 Å². The number of rotatable bonds is 11. The third-order valence-electron chi connectivity index (χ3n) is 1.91. The lowest BCUT2D eigenvalue weighted by atomic mass is 10.4. The van der Waals surface area contributed by atoms with Crippen LogP contribution in [0.4, 0.5) is 0 Å². The molecule has 0 spiro atoms. The third kappa shape index (κ3) is 10.1. The van der Waals surface area contributed by atoms with E-state index in [4.69, 9.17) is 18.9 Å². The lowest BCUT2D eigenvalue weighted by Gasteiger charge is -2.13. The third-order valence-corrected chi connectivity index (χ3v) is 1.91. The van der Waals surface area contributed by atoms with Crippen LogP contribution >= 0.6 is 0 Å². The normalized spacial score (nSPS) is 11.2. The first-order chi connectivity index (χ1) is 7.35. The molecule has 0 radical (unpaired) electrons. The lowest BCUT2D eigenvalue weighted by molar-refractivity contribution is -0.0987. The smallest absolute Gasteiger partial charge is 0.169 e. The van der Waals surface area contributed by atoms with Gasteiger partial charge in [-0.2, -0.15) is 0 Å². The standard InChI is InChI=1S/C10H23NO4/c1-12-7-8-15-6-4-5-11-9-10(13-2)14-3/h10-11H,4-9H2,1-3H3. The molecule has 5 heteroatoms. The summed E-state index contributed by atoms with van der Waals surface area (Å²) in [7, 11) is 4.92. The number of ether oxygens (including phenoxy) is 4. The predicted molar refractivity (Wildman–Crippen MR) is 58.0 cm³/mol. The Labute approximate surface area is 92.0 Å². The summed E-state index contributed by atoms with van der Waals surface area (Å²) in [6.07, 6.45) is 0.809. The minimum absolute atomic E-state index is 0.167. The summed E-state index contributed by atoms with van der Waals surface area (Å²) in [5.41, 5.74) is 0. The maximum absolute atomic E-state index is 5.31. The molecule has 0 aliphatic carbocycles. The second-order valence-electron chi connectivity index (χ2n) is 3.06. The van der Waals surface area contributed by atoms with Crippen LogP contribution in [0.5, 0.6) is 0 Å². The molecule has 0 heterocycles. The van der Waals surface area contributed by atoms with E-state index in [1.54, 1.807) is 21.3 Å². The Morgan fingerprint density at radius 3 is 2.33 bits per heavy atom. The molecule has 0 aliphatic rings. The Morgan fingerprint density at radius 1 is 1.00 bits per heavy atom. The van der Waals surface area contributed by atoms with Crippen LogP contribution in [0.15, 0.2) is 0 Å². The molecular weight excluding hydrogens is 198 g/mol. The fourth-order valence-electron chi connectivity index (χ4n) is 1.03. The molecule has 0 saturated heterocycles. The fourth-order valence-corrected chi connectivity index (χ4v) is 1.03. The van der Waals surface area contributed by atoms with E-state index < -0.39 is 0 Å². The first-order valence-corrected chi connectivity index (χ1v) is 5.18. The monoisotopic (exact) mass is 221 g/mol. The van der Waals surface area contributed by atoms with Crippen LogP contribution in [0.2, 0.25) is 0 Å². The topological polar surface area (TPSA) is 49.0 Å². The Bertz CT molecular complexity index is 120. The van der Waals surface area contributed by atoms with Gasteiger partial charge in [0.05, 0.1) is 13.2 Å². The maximum Gasteiger partial charge on any atom is 0.169 e. The molecule has 0 amide bonds. The van der Waals surface area contributed by atoms with Gasteiger partial charge in [-0.05, 0) is 13.0 Å². The van der Waals surface area contributed by atoms with E-state index in [0.29, 0.717) is 19.8 Å². The van der Waals surface area contributed by atoms with Gasteiger partial charge in [-0.15, -0.1) is 0 Å². The van der Waals surface area contributed by atoms with E-state index in [2.05, 4.69) is 5.32 Å². The van der Waals surface area contributed by atoms with Gasteiger partial charge in [0.2, 0.25) is 0 Å². The van der Waals surface area contributed by atoms with Gasteiger partial charge in [-0.1, -0.05) is 0 Å². The van der Waals surface area contributed by atoms with Crippen molar-refractivity contribution in [1.29, 1.82) is 0 Å². The number of hydrogen-bond donors (Lipinski definition) is 1. The van der Waals surface area contributed by atoms with Crippen LogP contribution in [-0.4, -0.2) is 60.5 Å². The Balaban J connectivity index is 3.04. The minimum Gasteiger partial charge on any atom is -0.382 e. The van der Waals surface area contributed by atoms with Gasteiger partial charge in [-0.3, -0.25) is 0 Å². The van der Waals surface area contributed by atoms with Crippen molar-refractivity contribution in [2.24, 2.45) is 0 Å². The van der Waals surface area contributed by atoms with Crippen molar-refractivity contribution in [1.82, 2.24) is 5.32 Å². The van der Waals surface area contributed by atoms with Gasteiger partial charge < -0.3 is 24.3 Å². The van der Waals surface area contributed by atoms with Gasteiger partial charge in [-0.25, -0.2) is 0 Å². The lowest BCUT2D eigenvalue weighted by Crippen LogP contribution is -2.30. The van der Waals surface area contributed by atoms with Crippen molar-refractivity contribution in [2.45, 2.75) is 12.7 Å². The molecule has 0 aromatic heterocycles. The zero-order valence-corrected chi connectivity index (χ0v) is 9.95. The average molecular weight is 221 g/mol. The molecule has 0 aliphatic heterocycles. The molecule has 0 aromatic rings. The number of hydrogen-bond acceptors (Lipinski definition) is 5. The van der Waals surface area contributed by atoms with Crippen LogP contribution in [0, 0.1) is 0 Å². The van der Waals surface area contributed by atoms with Crippen molar-refractivity contribution < 1.29 is 18.9 Å². The highest BCUT2D eigenvalue weighted by Gasteiger charge is 2.02. The van der Waals surface area contributed by atoms with E-state index in [0.717, 1.165) is 19.6 Å². The summed E-state index contributed by atoms with van der Waals surface area (Å²) in [6, 6.07) is 0. The molecule has 15 heavy (non-hydrogen) atoms. The number of nitrogens with one attached hydrogen (secondary N) is 1. The van der Waals surface area contributed by atoms with Gasteiger partial charge in [0.25, 0.3) is 0 Å². The molecule has 92 valence electrons. The Morgan fingerprint density at radius 2 is 1.73 bits per heavy atom. The molecule has 1 N–H and O–H groups in total. The van der Waals surface area contributed by atoms with Crippen molar-refractivity contribution >= 4 is 0 Å². The zero-order valence-electron chi connectivity index (χ0n) is 9.95. The van der Waals surface area contributed by atoms with E-state index in [1.165, 1.54) is 0 Å². The second kappa shape index (κ2) is 11.9. The zero-order chi connectivity index (χ0) is 11.4. The van der Waals surface area contributed by atoms with Gasteiger partial charge in [0.15, 0.2) is 6.29 Å². The van der Waals surface area contributed by atoms with Crippen LogP contribution in [-0.2, 0) is 18.9 Å².